The molecule has 96 valence electrons. The second-order valence-corrected chi connectivity index (χ2v) is 4.92. The molecule has 0 spiro atoms. The highest BCUT2D eigenvalue weighted by Crippen LogP contribution is 2.27. The summed E-state index contributed by atoms with van der Waals surface area (Å²) in [6.45, 7) is 3.08. The third kappa shape index (κ3) is 2.76. The Hall–Kier alpha value is -1.27. The summed E-state index contributed by atoms with van der Waals surface area (Å²) in [7, 11) is 1.94. The van der Waals surface area contributed by atoms with Crippen LogP contribution in [0.4, 0.5) is 0 Å². The molecule has 0 bridgehead atoms. The minimum atomic E-state index is 0.0716. The summed E-state index contributed by atoms with van der Waals surface area (Å²) >= 11 is 3.55. The van der Waals surface area contributed by atoms with Crippen LogP contribution in [0.3, 0.4) is 0 Å². The lowest BCUT2D eigenvalue weighted by atomic mass is 10.1. The van der Waals surface area contributed by atoms with Gasteiger partial charge in [-0.1, -0.05) is 6.92 Å². The third-order valence-electron chi connectivity index (χ3n) is 2.75. The van der Waals surface area contributed by atoms with E-state index in [0.717, 1.165) is 28.7 Å². The van der Waals surface area contributed by atoms with Crippen LogP contribution in [0.15, 0.2) is 29.1 Å². The molecule has 18 heavy (non-hydrogen) atoms. The first-order chi connectivity index (χ1) is 8.74. The zero-order valence-corrected chi connectivity index (χ0v) is 12.1. The third-order valence-corrected chi connectivity index (χ3v) is 3.36. The number of halogens is 1. The van der Waals surface area contributed by atoms with E-state index < -0.39 is 0 Å². The minimum absolute atomic E-state index is 0.0716. The van der Waals surface area contributed by atoms with Crippen molar-refractivity contribution in [3.8, 4) is 0 Å². The summed E-state index contributed by atoms with van der Waals surface area (Å²) in [4.78, 5) is 0. The summed E-state index contributed by atoms with van der Waals surface area (Å²) in [6, 6.07) is 2.04. The fraction of sp³-hybridized carbons (Fsp3) is 0.417. The SMILES string of the molecule is CCCNC(c1ccnnc1)c1c(Br)cnn1C. The van der Waals surface area contributed by atoms with Crippen LogP contribution in [-0.2, 0) is 7.05 Å². The molecule has 0 fully saturated rings. The second-order valence-electron chi connectivity index (χ2n) is 4.06. The molecule has 0 aliphatic heterocycles. The summed E-state index contributed by atoms with van der Waals surface area (Å²) in [5.41, 5.74) is 2.18. The lowest BCUT2D eigenvalue weighted by Gasteiger charge is -2.19. The normalized spacial score (nSPS) is 12.6. The molecule has 0 saturated heterocycles. The topological polar surface area (TPSA) is 55.6 Å². The van der Waals surface area contributed by atoms with E-state index in [4.69, 9.17) is 0 Å². The van der Waals surface area contributed by atoms with Gasteiger partial charge in [0.05, 0.1) is 28.6 Å². The molecule has 5 nitrogen and oxygen atoms in total. The molecular weight excluding hydrogens is 294 g/mol. The second kappa shape index (κ2) is 6.06. The van der Waals surface area contributed by atoms with Gasteiger partial charge in [-0.25, -0.2) is 0 Å². The Kier molecular flexibility index (Phi) is 4.43. The average Bonchev–Trinajstić information content (AvgIpc) is 2.72. The first kappa shape index (κ1) is 13.2. The molecule has 1 unspecified atom stereocenters. The number of nitrogens with one attached hydrogen (secondary N) is 1. The van der Waals surface area contributed by atoms with E-state index in [9.17, 15) is 0 Å². The summed E-state index contributed by atoms with van der Waals surface area (Å²) < 4.78 is 2.87. The maximum atomic E-state index is 4.26. The Balaban J connectivity index is 2.37. The van der Waals surface area contributed by atoms with E-state index in [0.29, 0.717) is 0 Å². The molecule has 2 rings (SSSR count). The molecule has 1 N–H and O–H groups in total. The van der Waals surface area contributed by atoms with Crippen molar-refractivity contribution in [1.29, 1.82) is 0 Å². The quantitative estimate of drug-likeness (QED) is 0.918. The van der Waals surface area contributed by atoms with Crippen LogP contribution in [0.1, 0.15) is 30.6 Å². The zero-order valence-electron chi connectivity index (χ0n) is 10.5. The molecule has 2 aromatic rings. The predicted octanol–water partition coefficient (Wildman–Crippen LogP) is 2.06. The fourth-order valence-electron chi connectivity index (χ4n) is 1.88. The molecule has 2 heterocycles. The van der Waals surface area contributed by atoms with Crippen LogP contribution in [0.2, 0.25) is 0 Å². The van der Waals surface area contributed by atoms with Gasteiger partial charge in [0.25, 0.3) is 0 Å². The predicted molar refractivity (Wildman–Crippen MR) is 73.1 cm³/mol. The van der Waals surface area contributed by atoms with E-state index in [-0.39, 0.29) is 6.04 Å². The molecule has 0 aliphatic rings. The first-order valence-corrected chi connectivity index (χ1v) is 6.70. The molecule has 0 saturated carbocycles. The van der Waals surface area contributed by atoms with Crippen LogP contribution >= 0.6 is 15.9 Å². The van der Waals surface area contributed by atoms with Crippen molar-refractivity contribution in [2.75, 3.05) is 6.54 Å². The lowest BCUT2D eigenvalue weighted by molar-refractivity contribution is 0.549. The van der Waals surface area contributed by atoms with Crippen LogP contribution in [0.5, 0.6) is 0 Å². The highest BCUT2D eigenvalue weighted by Gasteiger charge is 2.20. The summed E-state index contributed by atoms with van der Waals surface area (Å²) in [5, 5.41) is 15.5. The summed E-state index contributed by atoms with van der Waals surface area (Å²) in [5.74, 6) is 0. The Bertz CT molecular complexity index is 477. The molecule has 6 heteroatoms. The zero-order chi connectivity index (χ0) is 13.0. The van der Waals surface area contributed by atoms with Gasteiger partial charge in [-0.3, -0.25) is 4.68 Å². The highest BCUT2D eigenvalue weighted by molar-refractivity contribution is 9.10. The van der Waals surface area contributed by atoms with Crippen LogP contribution in [0.25, 0.3) is 0 Å². The van der Waals surface area contributed by atoms with Gasteiger partial charge in [-0.15, -0.1) is 0 Å². The number of hydrogen-bond donors (Lipinski definition) is 1. The van der Waals surface area contributed by atoms with Crippen molar-refractivity contribution >= 4 is 15.9 Å². The average molecular weight is 310 g/mol. The van der Waals surface area contributed by atoms with Crippen molar-refractivity contribution in [3.63, 3.8) is 0 Å². The Morgan fingerprint density at radius 1 is 1.39 bits per heavy atom. The Labute approximate surface area is 115 Å². The first-order valence-electron chi connectivity index (χ1n) is 5.91. The number of nitrogens with zero attached hydrogens (tertiary/aromatic N) is 4. The van der Waals surface area contributed by atoms with Gasteiger partial charge in [0.1, 0.15) is 0 Å². The molecule has 0 aliphatic carbocycles. The monoisotopic (exact) mass is 309 g/mol. The van der Waals surface area contributed by atoms with Crippen molar-refractivity contribution in [1.82, 2.24) is 25.3 Å². The largest absolute Gasteiger partial charge is 0.305 e. The molecular formula is C12H16BrN5. The molecule has 1 atom stereocenters. The van der Waals surface area contributed by atoms with E-state index >= 15 is 0 Å². The van der Waals surface area contributed by atoms with Gasteiger partial charge in [0.15, 0.2) is 0 Å². The summed E-state index contributed by atoms with van der Waals surface area (Å²) in [6.07, 6.45) is 6.38. The molecule has 2 aromatic heterocycles. The Morgan fingerprint density at radius 3 is 2.78 bits per heavy atom. The molecule has 0 amide bonds. The number of aryl methyl sites for hydroxylation is 1. The van der Waals surface area contributed by atoms with Gasteiger partial charge >= 0.3 is 0 Å². The van der Waals surface area contributed by atoms with Crippen molar-refractivity contribution < 1.29 is 0 Å². The molecule has 0 aromatic carbocycles. The van der Waals surface area contributed by atoms with Gasteiger partial charge in [-0.2, -0.15) is 15.3 Å². The minimum Gasteiger partial charge on any atom is -0.305 e. The smallest absolute Gasteiger partial charge is 0.0775 e. The van der Waals surface area contributed by atoms with Gasteiger partial charge in [0.2, 0.25) is 0 Å². The van der Waals surface area contributed by atoms with Crippen LogP contribution < -0.4 is 5.32 Å². The number of hydrogen-bond acceptors (Lipinski definition) is 4. The number of aromatic nitrogens is 4. The fourth-order valence-corrected chi connectivity index (χ4v) is 2.45. The maximum absolute atomic E-state index is 4.26. The Morgan fingerprint density at radius 2 is 2.22 bits per heavy atom. The van der Waals surface area contributed by atoms with E-state index in [2.05, 4.69) is 43.5 Å². The number of rotatable bonds is 5. The van der Waals surface area contributed by atoms with Crippen molar-refractivity contribution in [2.24, 2.45) is 7.05 Å². The van der Waals surface area contributed by atoms with Crippen LogP contribution in [0, 0.1) is 0 Å². The van der Waals surface area contributed by atoms with E-state index in [1.165, 1.54) is 0 Å². The van der Waals surface area contributed by atoms with Gasteiger partial charge in [-0.05, 0) is 40.5 Å². The highest BCUT2D eigenvalue weighted by atomic mass is 79.9. The van der Waals surface area contributed by atoms with Gasteiger partial charge < -0.3 is 5.32 Å². The lowest BCUT2D eigenvalue weighted by Crippen LogP contribution is -2.25. The van der Waals surface area contributed by atoms with E-state index in [1.54, 1.807) is 12.4 Å². The van der Waals surface area contributed by atoms with Crippen molar-refractivity contribution in [2.45, 2.75) is 19.4 Å². The molecule has 0 radical (unpaired) electrons. The van der Waals surface area contributed by atoms with Gasteiger partial charge in [0, 0.05) is 13.2 Å². The van der Waals surface area contributed by atoms with Crippen molar-refractivity contribution in [3.05, 3.63) is 40.4 Å². The maximum Gasteiger partial charge on any atom is 0.0775 e. The van der Waals surface area contributed by atoms with E-state index in [1.807, 2.05) is 24.0 Å². The standard InChI is InChI=1S/C12H16BrN5/c1-3-5-14-11(9-4-6-15-16-7-9)12-10(13)8-17-18(12)2/h4,6-8,11,14H,3,5H2,1-2H3. The van der Waals surface area contributed by atoms with Crippen LogP contribution in [-0.4, -0.2) is 26.5 Å².